The molecule has 92 valence electrons. The Morgan fingerprint density at radius 1 is 1.47 bits per heavy atom. The van der Waals surface area contributed by atoms with Gasteiger partial charge in [0.05, 0.1) is 0 Å². The van der Waals surface area contributed by atoms with E-state index in [1.165, 1.54) is 6.42 Å². The van der Waals surface area contributed by atoms with Crippen LogP contribution in [0.15, 0.2) is 28.7 Å². The van der Waals surface area contributed by atoms with Gasteiger partial charge in [-0.3, -0.25) is 4.79 Å². The lowest BCUT2D eigenvalue weighted by Crippen LogP contribution is -2.40. The van der Waals surface area contributed by atoms with E-state index in [2.05, 4.69) is 31.9 Å². The van der Waals surface area contributed by atoms with Crippen molar-refractivity contribution in [2.45, 2.75) is 12.8 Å². The van der Waals surface area contributed by atoms with Crippen molar-refractivity contribution in [1.82, 2.24) is 4.90 Å². The molecule has 1 aliphatic heterocycles. The molecule has 1 saturated heterocycles. The fourth-order valence-electron chi connectivity index (χ4n) is 2.18. The van der Waals surface area contributed by atoms with Crippen molar-refractivity contribution in [2.24, 2.45) is 5.92 Å². The third-order valence-electron chi connectivity index (χ3n) is 3.10. The monoisotopic (exact) mass is 359 g/mol. The maximum absolute atomic E-state index is 12.3. The van der Waals surface area contributed by atoms with E-state index >= 15 is 0 Å². The van der Waals surface area contributed by atoms with E-state index in [4.69, 9.17) is 0 Å². The molecule has 1 atom stereocenters. The minimum absolute atomic E-state index is 0.150. The van der Waals surface area contributed by atoms with Gasteiger partial charge in [0.2, 0.25) is 0 Å². The Morgan fingerprint density at radius 2 is 2.29 bits per heavy atom. The Balaban J connectivity index is 2.09. The molecule has 0 N–H and O–H groups in total. The molecule has 1 unspecified atom stereocenters. The van der Waals surface area contributed by atoms with Gasteiger partial charge in [-0.2, -0.15) is 0 Å². The minimum Gasteiger partial charge on any atom is -0.338 e. The number of halogens is 2. The van der Waals surface area contributed by atoms with E-state index < -0.39 is 0 Å². The van der Waals surface area contributed by atoms with Crippen LogP contribution in [0.2, 0.25) is 0 Å². The number of rotatable bonds is 2. The highest BCUT2D eigenvalue weighted by Crippen LogP contribution is 2.21. The number of carbonyl (C=O) groups excluding carboxylic acids is 1. The lowest BCUT2D eigenvalue weighted by Gasteiger charge is -2.32. The van der Waals surface area contributed by atoms with E-state index in [1.807, 2.05) is 29.2 Å². The standard InChI is InChI=1S/C13H15Br2NO/c14-8-10-3-2-6-16(9-10)13(17)11-4-1-5-12(15)7-11/h1,4-5,7,10H,2-3,6,8-9H2. The predicted octanol–water partition coefficient (Wildman–Crippen LogP) is 3.70. The van der Waals surface area contributed by atoms with E-state index in [-0.39, 0.29) is 5.91 Å². The average molecular weight is 361 g/mol. The normalized spacial score (nSPS) is 20.4. The first kappa shape index (κ1) is 13.1. The number of carbonyl (C=O) groups is 1. The zero-order valence-electron chi connectivity index (χ0n) is 9.53. The second-order valence-electron chi connectivity index (χ2n) is 4.42. The van der Waals surface area contributed by atoms with E-state index in [0.717, 1.165) is 34.9 Å². The highest BCUT2D eigenvalue weighted by atomic mass is 79.9. The molecule has 1 aliphatic rings. The van der Waals surface area contributed by atoms with Crippen molar-refractivity contribution in [2.75, 3.05) is 18.4 Å². The summed E-state index contributed by atoms with van der Waals surface area (Å²) < 4.78 is 0.956. The first-order valence-electron chi connectivity index (χ1n) is 5.81. The fourth-order valence-corrected chi connectivity index (χ4v) is 3.11. The summed E-state index contributed by atoms with van der Waals surface area (Å²) >= 11 is 6.91. The number of benzene rings is 1. The van der Waals surface area contributed by atoms with Crippen molar-refractivity contribution in [1.29, 1.82) is 0 Å². The van der Waals surface area contributed by atoms with Crippen molar-refractivity contribution >= 4 is 37.8 Å². The molecule has 1 aromatic rings. The van der Waals surface area contributed by atoms with Gasteiger partial charge in [0, 0.05) is 28.5 Å². The number of hydrogen-bond donors (Lipinski definition) is 0. The molecule has 0 radical (unpaired) electrons. The maximum atomic E-state index is 12.3. The third kappa shape index (κ3) is 3.32. The summed E-state index contributed by atoms with van der Waals surface area (Å²) in [5.74, 6) is 0.747. The molecular formula is C13H15Br2NO. The highest BCUT2D eigenvalue weighted by Gasteiger charge is 2.23. The molecule has 0 aromatic heterocycles. The smallest absolute Gasteiger partial charge is 0.253 e. The van der Waals surface area contributed by atoms with Gasteiger partial charge in [-0.25, -0.2) is 0 Å². The molecule has 1 aromatic carbocycles. The van der Waals surface area contributed by atoms with Gasteiger partial charge in [-0.05, 0) is 37.0 Å². The van der Waals surface area contributed by atoms with Gasteiger partial charge in [0.25, 0.3) is 5.91 Å². The Morgan fingerprint density at radius 3 is 3.00 bits per heavy atom. The number of hydrogen-bond acceptors (Lipinski definition) is 1. The van der Waals surface area contributed by atoms with Crippen molar-refractivity contribution in [3.8, 4) is 0 Å². The number of alkyl halides is 1. The number of nitrogens with zero attached hydrogens (tertiary/aromatic N) is 1. The van der Waals surface area contributed by atoms with Crippen LogP contribution in [0.3, 0.4) is 0 Å². The van der Waals surface area contributed by atoms with Gasteiger partial charge < -0.3 is 4.90 Å². The van der Waals surface area contributed by atoms with Crippen LogP contribution in [0.1, 0.15) is 23.2 Å². The quantitative estimate of drug-likeness (QED) is 0.736. The summed E-state index contributed by atoms with van der Waals surface area (Å²) in [4.78, 5) is 14.3. The molecule has 0 bridgehead atoms. The summed E-state index contributed by atoms with van der Waals surface area (Å²) in [6.45, 7) is 1.76. The van der Waals surface area contributed by atoms with E-state index in [9.17, 15) is 4.79 Å². The van der Waals surface area contributed by atoms with Crippen molar-refractivity contribution in [3.05, 3.63) is 34.3 Å². The number of piperidine rings is 1. The molecule has 1 heterocycles. The van der Waals surface area contributed by atoms with Gasteiger partial charge in [-0.1, -0.05) is 37.9 Å². The van der Waals surface area contributed by atoms with Crippen molar-refractivity contribution in [3.63, 3.8) is 0 Å². The zero-order chi connectivity index (χ0) is 12.3. The Hall–Kier alpha value is -0.350. The molecule has 0 aliphatic carbocycles. The van der Waals surface area contributed by atoms with Crippen molar-refractivity contribution < 1.29 is 4.79 Å². The van der Waals surface area contributed by atoms with Crippen LogP contribution in [0.5, 0.6) is 0 Å². The molecule has 1 amide bonds. The van der Waals surface area contributed by atoms with Crippen LogP contribution < -0.4 is 0 Å². The van der Waals surface area contributed by atoms with Gasteiger partial charge in [-0.15, -0.1) is 0 Å². The second-order valence-corrected chi connectivity index (χ2v) is 5.99. The maximum Gasteiger partial charge on any atom is 0.253 e. The lowest BCUT2D eigenvalue weighted by molar-refractivity contribution is 0.0686. The Bertz CT molecular complexity index is 408. The number of likely N-dealkylation sites (tertiary alicyclic amines) is 1. The van der Waals surface area contributed by atoms with Crippen LogP contribution in [-0.2, 0) is 0 Å². The Labute approximate surface area is 119 Å². The summed E-state index contributed by atoms with van der Waals surface area (Å²) in [5, 5.41) is 0.981. The molecule has 1 fully saturated rings. The topological polar surface area (TPSA) is 20.3 Å². The predicted molar refractivity (Wildman–Crippen MR) is 76.6 cm³/mol. The number of amides is 1. The SMILES string of the molecule is O=C(c1cccc(Br)c1)N1CCCC(CBr)C1. The van der Waals surface area contributed by atoms with E-state index in [0.29, 0.717) is 5.92 Å². The third-order valence-corrected chi connectivity index (χ3v) is 4.50. The van der Waals surface area contributed by atoms with Crippen LogP contribution in [-0.4, -0.2) is 29.2 Å². The fraction of sp³-hybridized carbons (Fsp3) is 0.462. The van der Waals surface area contributed by atoms with Crippen LogP contribution in [0, 0.1) is 5.92 Å². The van der Waals surface area contributed by atoms with Gasteiger partial charge in [0.1, 0.15) is 0 Å². The molecule has 2 nitrogen and oxygen atoms in total. The molecule has 17 heavy (non-hydrogen) atoms. The van der Waals surface area contributed by atoms with Crippen LogP contribution in [0.4, 0.5) is 0 Å². The van der Waals surface area contributed by atoms with Gasteiger partial charge >= 0.3 is 0 Å². The minimum atomic E-state index is 0.150. The lowest BCUT2D eigenvalue weighted by atomic mass is 9.99. The van der Waals surface area contributed by atoms with E-state index in [1.54, 1.807) is 0 Å². The molecule has 0 spiro atoms. The first-order valence-corrected chi connectivity index (χ1v) is 7.73. The summed E-state index contributed by atoms with van der Waals surface area (Å²) in [6, 6.07) is 7.61. The molecule has 4 heteroatoms. The average Bonchev–Trinajstić information content (AvgIpc) is 2.38. The summed E-state index contributed by atoms with van der Waals surface area (Å²) in [6.07, 6.45) is 2.32. The van der Waals surface area contributed by atoms with Crippen LogP contribution >= 0.6 is 31.9 Å². The zero-order valence-corrected chi connectivity index (χ0v) is 12.7. The Kier molecular flexibility index (Phi) is 4.62. The van der Waals surface area contributed by atoms with Crippen LogP contribution in [0.25, 0.3) is 0 Å². The largest absolute Gasteiger partial charge is 0.338 e. The highest BCUT2D eigenvalue weighted by molar-refractivity contribution is 9.10. The van der Waals surface area contributed by atoms with Gasteiger partial charge in [0.15, 0.2) is 0 Å². The summed E-state index contributed by atoms with van der Waals surface area (Å²) in [5.41, 5.74) is 0.773. The second kappa shape index (κ2) is 6.01. The molecule has 2 rings (SSSR count). The summed E-state index contributed by atoms with van der Waals surface area (Å²) in [7, 11) is 0. The molecule has 0 saturated carbocycles. The molecular weight excluding hydrogens is 346 g/mol. The first-order chi connectivity index (χ1) is 8.20.